The van der Waals surface area contributed by atoms with Crippen molar-refractivity contribution in [2.75, 3.05) is 33.9 Å². The maximum Gasteiger partial charge on any atom is 0.240 e. The van der Waals surface area contributed by atoms with Crippen LogP contribution < -0.4 is 14.2 Å². The van der Waals surface area contributed by atoms with Crippen molar-refractivity contribution in [1.82, 2.24) is 9.62 Å². The van der Waals surface area contributed by atoms with Crippen molar-refractivity contribution in [3.05, 3.63) is 53.1 Å². The van der Waals surface area contributed by atoms with Crippen LogP contribution in [0.15, 0.2) is 47.4 Å². The van der Waals surface area contributed by atoms with Gasteiger partial charge >= 0.3 is 0 Å². The first-order valence-electron chi connectivity index (χ1n) is 9.08. The van der Waals surface area contributed by atoms with Crippen LogP contribution in [0.1, 0.15) is 25.5 Å². The molecule has 28 heavy (non-hydrogen) atoms. The zero-order chi connectivity index (χ0) is 20.7. The summed E-state index contributed by atoms with van der Waals surface area (Å²) in [6, 6.07) is 11.8. The topological polar surface area (TPSA) is 67.9 Å². The van der Waals surface area contributed by atoms with E-state index in [-0.39, 0.29) is 17.5 Å². The standard InChI is InChI=1S/C20H27ClN2O4S/c1-5-23(6-2)18(16-9-7-8-10-17(16)21)14-22-28(24,25)15-11-12-19(26-3)20(13-15)27-4/h7-13,18,22H,5-6,14H2,1-4H3/t18-/m1/s1. The number of sulfonamides is 1. The molecule has 0 radical (unpaired) electrons. The Morgan fingerprint density at radius 1 is 1.04 bits per heavy atom. The lowest BCUT2D eigenvalue weighted by Crippen LogP contribution is -2.38. The summed E-state index contributed by atoms with van der Waals surface area (Å²) in [5.74, 6) is 0.829. The van der Waals surface area contributed by atoms with Gasteiger partial charge in [-0.1, -0.05) is 43.6 Å². The highest BCUT2D eigenvalue weighted by Crippen LogP contribution is 2.30. The molecule has 0 aromatic heterocycles. The van der Waals surface area contributed by atoms with Gasteiger partial charge < -0.3 is 9.47 Å². The Bertz CT molecular complexity index is 886. The van der Waals surface area contributed by atoms with Crippen molar-refractivity contribution in [1.29, 1.82) is 0 Å². The highest BCUT2D eigenvalue weighted by atomic mass is 35.5. The molecule has 0 unspecified atom stereocenters. The quantitative estimate of drug-likeness (QED) is 0.627. The number of benzene rings is 2. The van der Waals surface area contributed by atoms with E-state index in [9.17, 15) is 8.42 Å². The van der Waals surface area contributed by atoms with E-state index in [0.29, 0.717) is 16.5 Å². The Morgan fingerprint density at radius 3 is 2.25 bits per heavy atom. The third kappa shape index (κ3) is 5.17. The molecule has 6 nitrogen and oxygen atoms in total. The Morgan fingerprint density at radius 2 is 1.68 bits per heavy atom. The molecule has 1 atom stereocenters. The summed E-state index contributed by atoms with van der Waals surface area (Å²) in [6.45, 7) is 5.81. The molecule has 0 spiro atoms. The van der Waals surface area contributed by atoms with Crippen LogP contribution in [0.25, 0.3) is 0 Å². The molecule has 0 aliphatic rings. The number of rotatable bonds is 10. The Hall–Kier alpha value is -1.80. The Labute approximate surface area is 172 Å². The molecule has 0 heterocycles. The monoisotopic (exact) mass is 426 g/mol. The maximum absolute atomic E-state index is 12.9. The van der Waals surface area contributed by atoms with E-state index < -0.39 is 10.0 Å². The zero-order valence-corrected chi connectivity index (χ0v) is 18.2. The van der Waals surface area contributed by atoms with Gasteiger partial charge in [-0.25, -0.2) is 13.1 Å². The molecule has 2 rings (SSSR count). The summed E-state index contributed by atoms with van der Waals surface area (Å²) in [6.07, 6.45) is 0. The second kappa shape index (κ2) is 10.1. The van der Waals surface area contributed by atoms with Gasteiger partial charge in [-0.3, -0.25) is 4.90 Å². The van der Waals surface area contributed by atoms with Crippen LogP contribution in [-0.2, 0) is 10.0 Å². The van der Waals surface area contributed by atoms with E-state index >= 15 is 0 Å². The molecule has 154 valence electrons. The van der Waals surface area contributed by atoms with Gasteiger partial charge in [0.05, 0.1) is 19.1 Å². The zero-order valence-electron chi connectivity index (χ0n) is 16.6. The second-order valence-corrected chi connectivity index (χ2v) is 8.30. The van der Waals surface area contributed by atoms with Gasteiger partial charge in [-0.2, -0.15) is 0 Å². The van der Waals surface area contributed by atoms with Crippen molar-refractivity contribution >= 4 is 21.6 Å². The number of hydrogen-bond acceptors (Lipinski definition) is 5. The lowest BCUT2D eigenvalue weighted by Gasteiger charge is -2.30. The summed E-state index contributed by atoms with van der Waals surface area (Å²) < 4.78 is 38.8. The fourth-order valence-corrected chi connectivity index (χ4v) is 4.42. The van der Waals surface area contributed by atoms with Crippen LogP contribution in [0.2, 0.25) is 5.02 Å². The number of ether oxygens (including phenoxy) is 2. The molecule has 0 aliphatic carbocycles. The third-order valence-electron chi connectivity index (χ3n) is 4.65. The van der Waals surface area contributed by atoms with Crippen LogP contribution in [0, 0.1) is 0 Å². The summed E-state index contributed by atoms with van der Waals surface area (Å²) in [5, 5.41) is 0.615. The van der Waals surface area contributed by atoms with Crippen LogP contribution in [0.5, 0.6) is 11.5 Å². The highest BCUT2D eigenvalue weighted by Gasteiger charge is 2.24. The lowest BCUT2D eigenvalue weighted by atomic mass is 10.1. The fourth-order valence-electron chi connectivity index (χ4n) is 3.10. The molecule has 0 bridgehead atoms. The first kappa shape index (κ1) is 22.5. The molecular formula is C20H27ClN2O4S. The van der Waals surface area contributed by atoms with Crippen LogP contribution >= 0.6 is 11.6 Å². The SMILES string of the molecule is CCN(CC)[C@H](CNS(=O)(=O)c1ccc(OC)c(OC)c1)c1ccccc1Cl. The van der Waals surface area contributed by atoms with Crippen molar-refractivity contribution in [3.8, 4) is 11.5 Å². The van der Waals surface area contributed by atoms with E-state index in [2.05, 4.69) is 9.62 Å². The largest absolute Gasteiger partial charge is 0.493 e. The molecule has 0 amide bonds. The third-order valence-corrected chi connectivity index (χ3v) is 6.41. The number of nitrogens with zero attached hydrogens (tertiary/aromatic N) is 1. The van der Waals surface area contributed by atoms with Crippen LogP contribution in [0.3, 0.4) is 0 Å². The average Bonchev–Trinajstić information content (AvgIpc) is 2.71. The summed E-state index contributed by atoms with van der Waals surface area (Å²) in [5.41, 5.74) is 0.892. The second-order valence-electron chi connectivity index (χ2n) is 6.13. The molecule has 0 saturated carbocycles. The Kier molecular flexibility index (Phi) is 8.12. The van der Waals surface area contributed by atoms with Gasteiger partial charge in [0.15, 0.2) is 11.5 Å². The molecule has 0 saturated heterocycles. The van der Waals surface area contributed by atoms with Crippen LogP contribution in [0.4, 0.5) is 0 Å². The fraction of sp³-hybridized carbons (Fsp3) is 0.400. The normalized spacial score (nSPS) is 12.8. The van der Waals surface area contributed by atoms with Crippen LogP contribution in [-0.4, -0.2) is 47.2 Å². The van der Waals surface area contributed by atoms with Gasteiger partial charge in [-0.05, 0) is 36.9 Å². The minimum absolute atomic E-state index is 0.114. The Balaban J connectivity index is 2.30. The van der Waals surface area contributed by atoms with Gasteiger partial charge in [0.2, 0.25) is 10.0 Å². The first-order chi connectivity index (χ1) is 13.4. The van der Waals surface area contributed by atoms with Gasteiger partial charge in [0.1, 0.15) is 0 Å². The molecule has 0 fully saturated rings. The maximum atomic E-state index is 12.9. The number of likely N-dealkylation sites (N-methyl/N-ethyl adjacent to an activating group) is 1. The smallest absolute Gasteiger partial charge is 0.240 e. The van der Waals surface area contributed by atoms with Crippen molar-refractivity contribution in [2.45, 2.75) is 24.8 Å². The van der Waals surface area contributed by atoms with Crippen molar-refractivity contribution in [3.63, 3.8) is 0 Å². The van der Waals surface area contributed by atoms with Crippen molar-refractivity contribution in [2.24, 2.45) is 0 Å². The minimum Gasteiger partial charge on any atom is -0.493 e. The summed E-state index contributed by atoms with van der Waals surface area (Å²) in [7, 11) is -0.769. The van der Waals surface area contributed by atoms with E-state index in [1.165, 1.54) is 26.4 Å². The van der Waals surface area contributed by atoms with Gasteiger partial charge in [0.25, 0.3) is 0 Å². The summed E-state index contributed by atoms with van der Waals surface area (Å²) in [4.78, 5) is 2.28. The highest BCUT2D eigenvalue weighted by molar-refractivity contribution is 7.89. The van der Waals surface area contributed by atoms with Gasteiger partial charge in [-0.15, -0.1) is 0 Å². The van der Waals surface area contributed by atoms with Crippen molar-refractivity contribution < 1.29 is 17.9 Å². The molecular weight excluding hydrogens is 400 g/mol. The van der Waals surface area contributed by atoms with E-state index in [0.717, 1.165) is 18.7 Å². The average molecular weight is 427 g/mol. The summed E-state index contributed by atoms with van der Waals surface area (Å²) >= 11 is 6.38. The molecule has 1 N–H and O–H groups in total. The number of methoxy groups -OCH3 is 2. The number of nitrogens with one attached hydrogen (secondary N) is 1. The number of hydrogen-bond donors (Lipinski definition) is 1. The van der Waals surface area contributed by atoms with E-state index in [4.69, 9.17) is 21.1 Å². The minimum atomic E-state index is -3.74. The molecule has 0 aliphatic heterocycles. The molecule has 8 heteroatoms. The number of halogens is 1. The van der Waals surface area contributed by atoms with E-state index in [1.807, 2.05) is 38.1 Å². The van der Waals surface area contributed by atoms with E-state index in [1.54, 1.807) is 6.07 Å². The van der Waals surface area contributed by atoms with Gasteiger partial charge in [0, 0.05) is 23.7 Å². The first-order valence-corrected chi connectivity index (χ1v) is 10.9. The lowest BCUT2D eigenvalue weighted by molar-refractivity contribution is 0.220. The predicted molar refractivity (Wildman–Crippen MR) is 112 cm³/mol. The molecule has 2 aromatic rings. The molecule has 2 aromatic carbocycles. The predicted octanol–water partition coefficient (Wildman–Crippen LogP) is 3.72.